The summed E-state index contributed by atoms with van der Waals surface area (Å²) in [6.07, 6.45) is 4.91. The number of rotatable bonds is 6. The van der Waals surface area contributed by atoms with Gasteiger partial charge in [0.25, 0.3) is 0 Å². The molecule has 0 radical (unpaired) electrons. The molecule has 4 heteroatoms. The molecule has 0 saturated heterocycles. The molecule has 1 heterocycles. The van der Waals surface area contributed by atoms with Crippen molar-refractivity contribution in [2.75, 3.05) is 13.1 Å². The molecule has 0 aliphatic heterocycles. The lowest BCUT2D eigenvalue weighted by molar-refractivity contribution is -0.130. The zero-order valence-corrected chi connectivity index (χ0v) is 13.1. The molecule has 106 valence electrons. The van der Waals surface area contributed by atoms with Gasteiger partial charge in [0.1, 0.15) is 0 Å². The number of ketones is 1. The third-order valence-corrected chi connectivity index (χ3v) is 5.15. The summed E-state index contributed by atoms with van der Waals surface area (Å²) in [7, 11) is 0. The van der Waals surface area contributed by atoms with Crippen molar-refractivity contribution >= 4 is 17.1 Å². The van der Waals surface area contributed by atoms with E-state index in [2.05, 4.69) is 23.7 Å². The maximum atomic E-state index is 12.8. The minimum Gasteiger partial charge on any atom is -0.297 e. The van der Waals surface area contributed by atoms with Gasteiger partial charge in [0.05, 0.1) is 22.7 Å². The molecule has 1 aliphatic carbocycles. The van der Waals surface area contributed by atoms with Crippen molar-refractivity contribution in [2.24, 2.45) is 0 Å². The van der Waals surface area contributed by atoms with Gasteiger partial charge in [0.15, 0.2) is 5.78 Å². The van der Waals surface area contributed by atoms with Crippen LogP contribution < -0.4 is 0 Å². The number of hydrogen-bond acceptors (Lipinski definition) is 4. The van der Waals surface area contributed by atoms with Gasteiger partial charge in [-0.1, -0.05) is 26.7 Å². The van der Waals surface area contributed by atoms with Gasteiger partial charge < -0.3 is 0 Å². The maximum absolute atomic E-state index is 12.8. The van der Waals surface area contributed by atoms with Gasteiger partial charge in [-0.25, -0.2) is 4.98 Å². The van der Waals surface area contributed by atoms with Crippen LogP contribution in [-0.2, 0) is 11.2 Å². The maximum Gasteiger partial charge on any atom is 0.159 e. The average Bonchev–Trinajstić information content (AvgIpc) is 3.01. The first kappa shape index (κ1) is 14.7. The molecule has 1 aromatic heterocycles. The van der Waals surface area contributed by atoms with E-state index < -0.39 is 0 Å². The van der Waals surface area contributed by atoms with Crippen LogP contribution >= 0.6 is 11.3 Å². The highest BCUT2D eigenvalue weighted by molar-refractivity contribution is 7.09. The SMILES string of the molecule is CCN(CC)C1(C(=O)Cc2csc(C)n2)CCCC1. The Labute approximate surface area is 120 Å². The second-order valence-corrected chi connectivity index (χ2v) is 6.43. The Bertz CT molecular complexity index is 431. The summed E-state index contributed by atoms with van der Waals surface area (Å²) in [6, 6.07) is 0. The van der Waals surface area contributed by atoms with Crippen LogP contribution in [0.5, 0.6) is 0 Å². The number of aromatic nitrogens is 1. The van der Waals surface area contributed by atoms with Crippen molar-refractivity contribution in [1.82, 2.24) is 9.88 Å². The van der Waals surface area contributed by atoms with E-state index in [1.165, 1.54) is 12.8 Å². The normalized spacial score (nSPS) is 18.1. The second-order valence-electron chi connectivity index (χ2n) is 5.37. The number of nitrogens with zero attached hydrogens (tertiary/aromatic N) is 2. The zero-order chi connectivity index (χ0) is 13.9. The van der Waals surface area contributed by atoms with Gasteiger partial charge in [0.2, 0.25) is 0 Å². The number of carbonyl (C=O) groups is 1. The molecule has 3 nitrogen and oxygen atoms in total. The minimum absolute atomic E-state index is 0.207. The highest BCUT2D eigenvalue weighted by Crippen LogP contribution is 2.36. The van der Waals surface area contributed by atoms with Crippen molar-refractivity contribution < 1.29 is 4.79 Å². The summed E-state index contributed by atoms with van der Waals surface area (Å²) in [4.78, 5) is 19.6. The summed E-state index contributed by atoms with van der Waals surface area (Å²) < 4.78 is 0. The van der Waals surface area contributed by atoms with Crippen molar-refractivity contribution in [3.05, 3.63) is 16.1 Å². The Morgan fingerprint density at radius 2 is 2.00 bits per heavy atom. The predicted octanol–water partition coefficient (Wildman–Crippen LogP) is 3.22. The zero-order valence-electron chi connectivity index (χ0n) is 12.2. The van der Waals surface area contributed by atoms with E-state index in [-0.39, 0.29) is 5.54 Å². The summed E-state index contributed by atoms with van der Waals surface area (Å²) in [5.41, 5.74) is 0.743. The van der Waals surface area contributed by atoms with Crippen molar-refractivity contribution in [3.8, 4) is 0 Å². The van der Waals surface area contributed by atoms with Gasteiger partial charge in [0, 0.05) is 5.38 Å². The van der Waals surface area contributed by atoms with E-state index in [4.69, 9.17) is 0 Å². The number of Topliss-reactive ketones (excluding diaryl/α,β-unsaturated/α-hetero) is 1. The third kappa shape index (κ3) is 2.90. The van der Waals surface area contributed by atoms with Crippen LogP contribution in [0.25, 0.3) is 0 Å². The van der Waals surface area contributed by atoms with Crippen molar-refractivity contribution in [1.29, 1.82) is 0 Å². The summed E-state index contributed by atoms with van der Waals surface area (Å²) >= 11 is 1.63. The summed E-state index contributed by atoms with van der Waals surface area (Å²) in [5.74, 6) is 0.374. The third-order valence-electron chi connectivity index (χ3n) is 4.33. The monoisotopic (exact) mass is 280 g/mol. The predicted molar refractivity (Wildman–Crippen MR) is 79.7 cm³/mol. The average molecular weight is 280 g/mol. The first-order chi connectivity index (χ1) is 9.12. The molecule has 1 aliphatic rings. The first-order valence-electron chi connectivity index (χ1n) is 7.31. The highest BCUT2D eigenvalue weighted by atomic mass is 32.1. The molecule has 0 bridgehead atoms. The van der Waals surface area contributed by atoms with Gasteiger partial charge >= 0.3 is 0 Å². The Morgan fingerprint density at radius 3 is 2.47 bits per heavy atom. The Balaban J connectivity index is 2.16. The molecule has 19 heavy (non-hydrogen) atoms. The van der Waals surface area contributed by atoms with E-state index in [0.717, 1.165) is 36.6 Å². The topological polar surface area (TPSA) is 33.2 Å². The van der Waals surface area contributed by atoms with E-state index in [0.29, 0.717) is 12.2 Å². The molecular formula is C15H24N2OS. The molecule has 1 aromatic rings. The van der Waals surface area contributed by atoms with Crippen LogP contribution in [0, 0.1) is 6.92 Å². The van der Waals surface area contributed by atoms with Crippen LogP contribution in [0.2, 0.25) is 0 Å². The Morgan fingerprint density at radius 1 is 1.37 bits per heavy atom. The summed E-state index contributed by atoms with van der Waals surface area (Å²) in [6.45, 7) is 8.22. The van der Waals surface area contributed by atoms with Crippen molar-refractivity contribution in [3.63, 3.8) is 0 Å². The number of likely N-dealkylation sites (N-methyl/N-ethyl adjacent to an activating group) is 1. The van der Waals surface area contributed by atoms with Crippen LogP contribution in [0.3, 0.4) is 0 Å². The first-order valence-corrected chi connectivity index (χ1v) is 8.19. The van der Waals surface area contributed by atoms with Gasteiger partial charge in [-0.15, -0.1) is 11.3 Å². The molecule has 0 N–H and O–H groups in total. The van der Waals surface area contributed by atoms with Gasteiger partial charge in [-0.05, 0) is 32.9 Å². The van der Waals surface area contributed by atoms with Gasteiger partial charge in [-0.3, -0.25) is 9.69 Å². The molecule has 0 unspecified atom stereocenters. The molecule has 0 amide bonds. The van der Waals surface area contributed by atoms with Crippen LogP contribution in [0.1, 0.15) is 50.2 Å². The fourth-order valence-corrected chi connectivity index (χ4v) is 3.99. The minimum atomic E-state index is -0.207. The number of carbonyl (C=O) groups excluding carboxylic acids is 1. The quantitative estimate of drug-likeness (QED) is 0.802. The van der Waals surface area contributed by atoms with Crippen molar-refractivity contribution in [2.45, 2.75) is 58.4 Å². The molecule has 0 atom stereocenters. The van der Waals surface area contributed by atoms with Crippen LogP contribution in [0.4, 0.5) is 0 Å². The highest BCUT2D eigenvalue weighted by Gasteiger charge is 2.44. The fourth-order valence-electron chi connectivity index (χ4n) is 3.38. The number of aryl methyl sites for hydroxylation is 1. The molecule has 2 rings (SSSR count). The lowest BCUT2D eigenvalue weighted by Gasteiger charge is -2.39. The van der Waals surface area contributed by atoms with Gasteiger partial charge in [-0.2, -0.15) is 0 Å². The lowest BCUT2D eigenvalue weighted by Crippen LogP contribution is -2.53. The smallest absolute Gasteiger partial charge is 0.159 e. The standard InChI is InChI=1S/C15H24N2OS/c1-4-17(5-2)15(8-6-7-9-15)14(18)10-13-11-19-12(3)16-13/h11H,4-10H2,1-3H3. The largest absolute Gasteiger partial charge is 0.297 e. The van der Waals surface area contributed by atoms with E-state index in [9.17, 15) is 4.79 Å². The Kier molecular flexibility index (Phi) is 4.74. The van der Waals surface area contributed by atoms with E-state index in [1.807, 2.05) is 12.3 Å². The lowest BCUT2D eigenvalue weighted by atomic mass is 9.87. The van der Waals surface area contributed by atoms with E-state index in [1.54, 1.807) is 11.3 Å². The second kappa shape index (κ2) is 6.14. The molecule has 1 fully saturated rings. The number of hydrogen-bond donors (Lipinski definition) is 0. The van der Waals surface area contributed by atoms with E-state index >= 15 is 0 Å². The Hall–Kier alpha value is -0.740. The summed E-state index contributed by atoms with van der Waals surface area (Å²) in [5, 5.41) is 3.07. The number of thiazole rings is 1. The molecule has 0 aromatic carbocycles. The molecule has 1 saturated carbocycles. The van der Waals surface area contributed by atoms with Crippen LogP contribution in [-0.4, -0.2) is 34.3 Å². The van der Waals surface area contributed by atoms with Crippen LogP contribution in [0.15, 0.2) is 5.38 Å². The molecule has 0 spiro atoms. The molecular weight excluding hydrogens is 256 g/mol. The fraction of sp³-hybridized carbons (Fsp3) is 0.733.